The molecule has 0 unspecified atom stereocenters. The van der Waals surface area contributed by atoms with Crippen LogP contribution in [-0.2, 0) is 4.79 Å². The van der Waals surface area contributed by atoms with Crippen LogP contribution in [0.15, 0.2) is 29.4 Å². The first-order valence-electron chi connectivity index (χ1n) is 7.84. The lowest BCUT2D eigenvalue weighted by atomic mass is 10.0. The molecule has 0 saturated heterocycles. The van der Waals surface area contributed by atoms with Gasteiger partial charge in [-0.3, -0.25) is 4.79 Å². The molecule has 8 heteroatoms. The van der Waals surface area contributed by atoms with E-state index in [-0.39, 0.29) is 17.2 Å². The number of hydrogen-bond acceptors (Lipinski definition) is 5. The number of carbonyl (C=O) groups excluding carboxylic acids is 1. The van der Waals surface area contributed by atoms with Gasteiger partial charge in [-0.15, -0.1) is 10.2 Å². The van der Waals surface area contributed by atoms with Gasteiger partial charge >= 0.3 is 0 Å². The van der Waals surface area contributed by atoms with Crippen molar-refractivity contribution in [1.82, 2.24) is 20.2 Å². The van der Waals surface area contributed by atoms with E-state index in [9.17, 15) is 4.79 Å². The third-order valence-electron chi connectivity index (χ3n) is 3.77. The summed E-state index contributed by atoms with van der Waals surface area (Å²) in [6.45, 7) is 6.67. The summed E-state index contributed by atoms with van der Waals surface area (Å²) in [5.41, 5.74) is 4.36. The van der Waals surface area contributed by atoms with Crippen molar-refractivity contribution in [1.29, 1.82) is 0 Å². The van der Waals surface area contributed by atoms with Gasteiger partial charge in [0.1, 0.15) is 11.1 Å². The summed E-state index contributed by atoms with van der Waals surface area (Å²) in [7, 11) is 0. The molecule has 1 amide bonds. The second-order valence-electron chi connectivity index (χ2n) is 6.20. The summed E-state index contributed by atoms with van der Waals surface area (Å²) in [6, 6.07) is 7.35. The predicted octanol–water partition coefficient (Wildman–Crippen LogP) is 2.77. The zero-order chi connectivity index (χ0) is 17.3. The SMILES string of the molecule is Cc1nnc2n1N[C@@H](c1ccc(Cl)cc1)[C@H](C(=O)NCC(C)C)S2. The van der Waals surface area contributed by atoms with Gasteiger partial charge in [0.2, 0.25) is 11.1 Å². The first-order valence-corrected chi connectivity index (χ1v) is 9.10. The Morgan fingerprint density at radius 3 is 2.75 bits per heavy atom. The van der Waals surface area contributed by atoms with E-state index in [1.807, 2.05) is 35.9 Å². The first-order chi connectivity index (χ1) is 11.5. The van der Waals surface area contributed by atoms with Crippen LogP contribution in [0.4, 0.5) is 0 Å². The van der Waals surface area contributed by atoms with E-state index >= 15 is 0 Å². The molecule has 2 heterocycles. The fourth-order valence-corrected chi connectivity index (χ4v) is 3.76. The van der Waals surface area contributed by atoms with Gasteiger partial charge in [-0.25, -0.2) is 4.68 Å². The van der Waals surface area contributed by atoms with Gasteiger partial charge in [-0.2, -0.15) is 0 Å². The number of hydrogen-bond donors (Lipinski definition) is 2. The van der Waals surface area contributed by atoms with E-state index in [4.69, 9.17) is 11.6 Å². The number of aromatic nitrogens is 3. The minimum atomic E-state index is -0.332. The minimum Gasteiger partial charge on any atom is -0.355 e. The highest BCUT2D eigenvalue weighted by atomic mass is 35.5. The number of fused-ring (bicyclic) bond motifs is 1. The Morgan fingerprint density at radius 2 is 2.08 bits per heavy atom. The van der Waals surface area contributed by atoms with Gasteiger partial charge in [0.05, 0.1) is 6.04 Å². The van der Waals surface area contributed by atoms with Crippen molar-refractivity contribution >= 4 is 29.3 Å². The molecule has 0 fully saturated rings. The Morgan fingerprint density at radius 1 is 1.38 bits per heavy atom. The van der Waals surface area contributed by atoms with Crippen LogP contribution in [0.5, 0.6) is 0 Å². The standard InChI is InChI=1S/C16H20ClN5OS/c1-9(2)8-18-15(23)14-13(11-4-6-12(17)7-5-11)21-22-10(3)19-20-16(22)24-14/h4-7,9,13-14,21H,8H2,1-3H3,(H,18,23)/t13-,14+/m0/s1. The predicted molar refractivity (Wildman–Crippen MR) is 95.8 cm³/mol. The van der Waals surface area contributed by atoms with Gasteiger partial charge in [-0.05, 0) is 30.5 Å². The molecular weight excluding hydrogens is 346 g/mol. The highest BCUT2D eigenvalue weighted by Crippen LogP contribution is 2.37. The summed E-state index contributed by atoms with van der Waals surface area (Å²) < 4.78 is 1.83. The molecule has 0 bridgehead atoms. The molecule has 0 spiro atoms. The number of carbonyl (C=O) groups is 1. The summed E-state index contributed by atoms with van der Waals surface area (Å²) in [5, 5.41) is 12.3. The monoisotopic (exact) mass is 365 g/mol. The van der Waals surface area contributed by atoms with Crippen LogP contribution in [0.1, 0.15) is 31.3 Å². The van der Waals surface area contributed by atoms with Gasteiger partial charge < -0.3 is 10.7 Å². The highest BCUT2D eigenvalue weighted by molar-refractivity contribution is 8.00. The molecule has 1 aliphatic heterocycles. The molecule has 0 saturated carbocycles. The number of rotatable bonds is 4. The maximum Gasteiger partial charge on any atom is 0.236 e. The van der Waals surface area contributed by atoms with E-state index in [0.29, 0.717) is 22.6 Å². The van der Waals surface area contributed by atoms with E-state index in [1.54, 1.807) is 0 Å². The number of nitrogens with one attached hydrogen (secondary N) is 2. The average molecular weight is 366 g/mol. The van der Waals surface area contributed by atoms with Gasteiger partial charge in [0.25, 0.3) is 0 Å². The molecule has 2 N–H and O–H groups in total. The van der Waals surface area contributed by atoms with Crippen LogP contribution in [-0.4, -0.2) is 32.6 Å². The third kappa shape index (κ3) is 3.52. The van der Waals surface area contributed by atoms with Crippen molar-refractivity contribution in [3.63, 3.8) is 0 Å². The van der Waals surface area contributed by atoms with Crippen LogP contribution in [0.25, 0.3) is 0 Å². The number of thioether (sulfide) groups is 1. The average Bonchev–Trinajstić information content (AvgIpc) is 2.93. The molecule has 0 radical (unpaired) electrons. The zero-order valence-electron chi connectivity index (χ0n) is 13.8. The lowest BCUT2D eigenvalue weighted by molar-refractivity contribution is -0.121. The van der Waals surface area contributed by atoms with Crippen molar-refractivity contribution < 1.29 is 4.79 Å². The number of nitrogens with zero attached hydrogens (tertiary/aromatic N) is 3. The number of halogens is 1. The topological polar surface area (TPSA) is 71.8 Å². The summed E-state index contributed by atoms with van der Waals surface area (Å²) in [6.07, 6.45) is 0. The van der Waals surface area contributed by atoms with Gasteiger partial charge in [0.15, 0.2) is 0 Å². The summed E-state index contributed by atoms with van der Waals surface area (Å²) >= 11 is 7.42. The molecule has 2 aromatic rings. The van der Waals surface area contributed by atoms with Crippen LogP contribution in [0.2, 0.25) is 5.02 Å². The van der Waals surface area contributed by atoms with Crippen molar-refractivity contribution in [2.45, 2.75) is 37.2 Å². The minimum absolute atomic E-state index is 0.00643. The lowest BCUT2D eigenvalue weighted by Crippen LogP contribution is -2.44. The van der Waals surface area contributed by atoms with Crippen LogP contribution in [0, 0.1) is 12.8 Å². The van der Waals surface area contributed by atoms with E-state index in [0.717, 1.165) is 11.4 Å². The van der Waals surface area contributed by atoms with Crippen LogP contribution >= 0.6 is 23.4 Å². The third-order valence-corrected chi connectivity index (χ3v) is 5.24. The highest BCUT2D eigenvalue weighted by Gasteiger charge is 2.37. The van der Waals surface area contributed by atoms with E-state index in [1.165, 1.54) is 11.8 Å². The molecule has 1 aromatic heterocycles. The Hall–Kier alpha value is -1.73. The molecular formula is C16H20ClN5OS. The van der Waals surface area contributed by atoms with Crippen molar-refractivity contribution in [3.05, 3.63) is 40.7 Å². The maximum atomic E-state index is 12.7. The molecule has 24 heavy (non-hydrogen) atoms. The number of benzene rings is 1. The van der Waals surface area contributed by atoms with Gasteiger partial charge in [0, 0.05) is 11.6 Å². The second kappa shape index (κ2) is 7.03. The van der Waals surface area contributed by atoms with Crippen molar-refractivity contribution in [2.75, 3.05) is 12.0 Å². The number of aryl methyl sites for hydroxylation is 1. The Labute approximate surface area is 150 Å². The normalized spacial score (nSPS) is 19.7. The van der Waals surface area contributed by atoms with Gasteiger partial charge in [-0.1, -0.05) is 49.3 Å². The Balaban J connectivity index is 1.90. The molecule has 1 aromatic carbocycles. The first kappa shape index (κ1) is 17.1. The Kier molecular flexibility index (Phi) is 5.01. The van der Waals surface area contributed by atoms with Crippen LogP contribution < -0.4 is 10.7 Å². The van der Waals surface area contributed by atoms with E-state index < -0.39 is 0 Å². The molecule has 0 aliphatic carbocycles. The molecule has 2 atom stereocenters. The zero-order valence-corrected chi connectivity index (χ0v) is 15.4. The largest absolute Gasteiger partial charge is 0.355 e. The fourth-order valence-electron chi connectivity index (χ4n) is 2.49. The molecule has 3 rings (SSSR count). The fraction of sp³-hybridized carbons (Fsp3) is 0.438. The Bertz CT molecular complexity index is 731. The van der Waals surface area contributed by atoms with Crippen molar-refractivity contribution in [2.24, 2.45) is 5.92 Å². The molecule has 128 valence electrons. The van der Waals surface area contributed by atoms with Crippen molar-refractivity contribution in [3.8, 4) is 0 Å². The van der Waals surface area contributed by atoms with Crippen LogP contribution in [0.3, 0.4) is 0 Å². The smallest absolute Gasteiger partial charge is 0.236 e. The summed E-state index contributed by atoms with van der Waals surface area (Å²) in [5.74, 6) is 1.15. The second-order valence-corrected chi connectivity index (χ2v) is 7.75. The quantitative estimate of drug-likeness (QED) is 0.871. The van der Waals surface area contributed by atoms with E-state index in [2.05, 4.69) is 34.8 Å². The summed E-state index contributed by atoms with van der Waals surface area (Å²) in [4.78, 5) is 12.7. The molecule has 6 nitrogen and oxygen atoms in total. The lowest BCUT2D eigenvalue weighted by Gasteiger charge is -2.33. The number of amides is 1. The molecule has 1 aliphatic rings. The maximum absolute atomic E-state index is 12.7.